The summed E-state index contributed by atoms with van der Waals surface area (Å²) in [5, 5.41) is 3.29. The molecule has 0 aromatic heterocycles. The maximum absolute atomic E-state index is 12.7. The van der Waals surface area contributed by atoms with Crippen LogP contribution in [0.15, 0.2) is 0 Å². The Kier molecular flexibility index (Phi) is 9.95. The molecule has 0 radical (unpaired) electrons. The lowest BCUT2D eigenvalue weighted by atomic mass is 9.88. The zero-order valence-corrected chi connectivity index (χ0v) is 16.7. The zero-order valence-electron chi connectivity index (χ0n) is 15.0. The van der Waals surface area contributed by atoms with Crippen molar-refractivity contribution >= 4 is 30.7 Å². The minimum absolute atomic E-state index is 0. The summed E-state index contributed by atoms with van der Waals surface area (Å²) in [7, 11) is 0. The van der Waals surface area contributed by atoms with Crippen LogP contribution in [-0.2, 0) is 4.79 Å². The Morgan fingerprint density at radius 3 is 2.33 bits per heavy atom. The SMILES string of the molecule is CC(C(=O)N1CCCN(CC2CCCCC2)CC1)C1CNC1.Cl.Cl. The molecule has 1 saturated carbocycles. The Morgan fingerprint density at radius 2 is 1.71 bits per heavy atom. The van der Waals surface area contributed by atoms with Crippen LogP contribution < -0.4 is 5.32 Å². The third kappa shape index (κ3) is 5.76. The first kappa shape index (κ1) is 22.0. The Labute approximate surface area is 159 Å². The van der Waals surface area contributed by atoms with Gasteiger partial charge in [-0.2, -0.15) is 0 Å². The normalized spacial score (nSPS) is 25.0. The van der Waals surface area contributed by atoms with Crippen molar-refractivity contribution in [2.45, 2.75) is 45.4 Å². The van der Waals surface area contributed by atoms with Gasteiger partial charge in [0.25, 0.3) is 0 Å². The lowest BCUT2D eigenvalue weighted by Gasteiger charge is -2.35. The average molecular weight is 380 g/mol. The highest BCUT2D eigenvalue weighted by atomic mass is 35.5. The molecule has 2 aliphatic heterocycles. The number of hydrogen-bond donors (Lipinski definition) is 1. The first-order valence-corrected chi connectivity index (χ1v) is 9.46. The molecule has 0 spiro atoms. The molecule has 0 bridgehead atoms. The van der Waals surface area contributed by atoms with E-state index in [-0.39, 0.29) is 30.7 Å². The number of rotatable bonds is 4. The van der Waals surface area contributed by atoms with E-state index in [4.69, 9.17) is 0 Å². The molecular weight excluding hydrogens is 345 g/mol. The third-order valence-electron chi connectivity index (χ3n) is 6.05. The minimum atomic E-state index is 0. The van der Waals surface area contributed by atoms with Gasteiger partial charge in [-0.15, -0.1) is 24.8 Å². The Bertz CT molecular complexity index is 373. The summed E-state index contributed by atoms with van der Waals surface area (Å²) in [4.78, 5) is 17.4. The monoisotopic (exact) mass is 379 g/mol. The zero-order chi connectivity index (χ0) is 15.4. The maximum atomic E-state index is 12.7. The summed E-state index contributed by atoms with van der Waals surface area (Å²) in [6.45, 7) is 9.60. The molecule has 1 aliphatic carbocycles. The summed E-state index contributed by atoms with van der Waals surface area (Å²) in [6, 6.07) is 0. The third-order valence-corrected chi connectivity index (χ3v) is 6.05. The molecule has 4 nitrogen and oxygen atoms in total. The number of nitrogens with one attached hydrogen (secondary N) is 1. The molecule has 0 aromatic carbocycles. The van der Waals surface area contributed by atoms with E-state index in [0.717, 1.165) is 45.1 Å². The van der Waals surface area contributed by atoms with Crippen LogP contribution in [0.25, 0.3) is 0 Å². The van der Waals surface area contributed by atoms with Gasteiger partial charge in [0.05, 0.1) is 0 Å². The van der Waals surface area contributed by atoms with Crippen LogP contribution in [0.5, 0.6) is 0 Å². The van der Waals surface area contributed by atoms with Crippen molar-refractivity contribution in [2.75, 3.05) is 45.8 Å². The van der Waals surface area contributed by atoms with Crippen LogP contribution >= 0.6 is 24.8 Å². The Balaban J connectivity index is 0.00000144. The van der Waals surface area contributed by atoms with Crippen molar-refractivity contribution in [3.63, 3.8) is 0 Å². The number of nitrogens with zero attached hydrogens (tertiary/aromatic N) is 2. The van der Waals surface area contributed by atoms with Crippen molar-refractivity contribution < 1.29 is 4.79 Å². The highest BCUT2D eigenvalue weighted by Crippen LogP contribution is 2.25. The van der Waals surface area contributed by atoms with Crippen LogP contribution in [0, 0.1) is 17.8 Å². The van der Waals surface area contributed by atoms with Crippen LogP contribution in [0.1, 0.15) is 45.4 Å². The van der Waals surface area contributed by atoms with Crippen molar-refractivity contribution in [3.05, 3.63) is 0 Å². The first-order valence-electron chi connectivity index (χ1n) is 9.46. The number of hydrogen-bond acceptors (Lipinski definition) is 3. The number of carbonyl (C=O) groups is 1. The van der Waals surface area contributed by atoms with Gasteiger partial charge >= 0.3 is 0 Å². The standard InChI is InChI=1S/C18H33N3O.2ClH/c1-15(17-12-19-13-17)18(22)21-9-5-8-20(10-11-21)14-16-6-3-2-4-7-16;;/h15-17,19H,2-14H2,1H3;2*1H. The van der Waals surface area contributed by atoms with E-state index in [1.54, 1.807) is 0 Å². The van der Waals surface area contributed by atoms with Gasteiger partial charge in [0.15, 0.2) is 0 Å². The molecule has 3 aliphatic rings. The molecule has 1 N–H and O–H groups in total. The highest BCUT2D eigenvalue weighted by molar-refractivity contribution is 5.85. The van der Waals surface area contributed by atoms with Gasteiger partial charge in [0.1, 0.15) is 0 Å². The molecule has 3 fully saturated rings. The maximum Gasteiger partial charge on any atom is 0.225 e. The predicted octanol–water partition coefficient (Wildman–Crippen LogP) is 2.80. The Morgan fingerprint density at radius 1 is 1.00 bits per heavy atom. The van der Waals surface area contributed by atoms with E-state index in [9.17, 15) is 4.79 Å². The molecule has 1 amide bonds. The summed E-state index contributed by atoms with van der Waals surface area (Å²) < 4.78 is 0. The molecule has 3 rings (SSSR count). The van der Waals surface area contributed by atoms with E-state index in [1.165, 1.54) is 45.2 Å². The number of halogens is 2. The molecule has 6 heteroatoms. The van der Waals surface area contributed by atoms with Gasteiger partial charge in [-0.1, -0.05) is 26.2 Å². The van der Waals surface area contributed by atoms with E-state index in [0.29, 0.717) is 11.8 Å². The summed E-state index contributed by atoms with van der Waals surface area (Å²) in [6.07, 6.45) is 8.28. The second-order valence-corrected chi connectivity index (χ2v) is 7.69. The van der Waals surface area contributed by atoms with E-state index < -0.39 is 0 Å². The molecule has 2 heterocycles. The summed E-state index contributed by atoms with van der Waals surface area (Å²) >= 11 is 0. The summed E-state index contributed by atoms with van der Waals surface area (Å²) in [5.74, 6) is 2.07. The Hall–Kier alpha value is -0.0300. The van der Waals surface area contributed by atoms with Crippen molar-refractivity contribution in [2.24, 2.45) is 17.8 Å². The molecule has 142 valence electrons. The van der Waals surface area contributed by atoms with Crippen molar-refractivity contribution in [3.8, 4) is 0 Å². The highest BCUT2D eigenvalue weighted by Gasteiger charge is 2.32. The van der Waals surface area contributed by atoms with Crippen LogP contribution in [0.3, 0.4) is 0 Å². The average Bonchev–Trinajstić information content (AvgIpc) is 2.71. The molecule has 24 heavy (non-hydrogen) atoms. The van der Waals surface area contributed by atoms with Gasteiger partial charge in [-0.05, 0) is 50.7 Å². The van der Waals surface area contributed by atoms with Crippen molar-refractivity contribution in [1.82, 2.24) is 15.1 Å². The second-order valence-electron chi connectivity index (χ2n) is 7.69. The van der Waals surface area contributed by atoms with Crippen molar-refractivity contribution in [1.29, 1.82) is 0 Å². The molecule has 1 atom stereocenters. The fourth-order valence-corrected chi connectivity index (χ4v) is 4.26. The van der Waals surface area contributed by atoms with E-state index >= 15 is 0 Å². The van der Waals surface area contributed by atoms with Gasteiger partial charge in [-0.25, -0.2) is 0 Å². The van der Waals surface area contributed by atoms with Gasteiger partial charge in [-0.3, -0.25) is 4.79 Å². The molecule has 1 unspecified atom stereocenters. The fraction of sp³-hybridized carbons (Fsp3) is 0.944. The lowest BCUT2D eigenvalue weighted by molar-refractivity contribution is -0.137. The number of carbonyl (C=O) groups excluding carboxylic acids is 1. The lowest BCUT2D eigenvalue weighted by Crippen LogP contribution is -2.51. The predicted molar refractivity (Wildman–Crippen MR) is 104 cm³/mol. The topological polar surface area (TPSA) is 35.6 Å². The van der Waals surface area contributed by atoms with Gasteiger partial charge in [0, 0.05) is 32.1 Å². The summed E-state index contributed by atoms with van der Waals surface area (Å²) in [5.41, 5.74) is 0. The van der Waals surface area contributed by atoms with Crippen LogP contribution in [0.2, 0.25) is 0 Å². The van der Waals surface area contributed by atoms with Crippen LogP contribution in [0.4, 0.5) is 0 Å². The molecular formula is C18H35Cl2N3O. The molecule has 2 saturated heterocycles. The first-order chi connectivity index (χ1) is 10.7. The van der Waals surface area contributed by atoms with Crippen LogP contribution in [-0.4, -0.2) is 61.5 Å². The largest absolute Gasteiger partial charge is 0.341 e. The van der Waals surface area contributed by atoms with Gasteiger partial charge in [0.2, 0.25) is 5.91 Å². The van der Waals surface area contributed by atoms with E-state index in [2.05, 4.69) is 22.0 Å². The van der Waals surface area contributed by atoms with E-state index in [1.807, 2.05) is 0 Å². The smallest absolute Gasteiger partial charge is 0.225 e. The second kappa shape index (κ2) is 10.8. The minimum Gasteiger partial charge on any atom is -0.341 e. The molecule has 0 aromatic rings. The van der Waals surface area contributed by atoms with Gasteiger partial charge < -0.3 is 15.1 Å². The number of amides is 1. The quantitative estimate of drug-likeness (QED) is 0.815. The fourth-order valence-electron chi connectivity index (χ4n) is 4.26.